The van der Waals surface area contributed by atoms with Crippen LogP contribution in [0.15, 0.2) is 53.6 Å². The summed E-state index contributed by atoms with van der Waals surface area (Å²) in [5.74, 6) is 0. The molecule has 0 amide bonds. The number of hydrogen-bond acceptors (Lipinski definition) is 3. The molecule has 0 bridgehead atoms. The van der Waals surface area contributed by atoms with Crippen LogP contribution < -0.4 is 0 Å². The molecule has 17 heavy (non-hydrogen) atoms. The predicted octanol–water partition coefficient (Wildman–Crippen LogP) is 1.92. The highest BCUT2D eigenvalue weighted by atomic mass is 32.2. The molecule has 0 aliphatic carbocycles. The van der Waals surface area contributed by atoms with Gasteiger partial charge < -0.3 is 0 Å². The second-order valence-electron chi connectivity index (χ2n) is 3.62. The number of pyridine rings is 1. The van der Waals surface area contributed by atoms with Gasteiger partial charge in [0.15, 0.2) is 0 Å². The first kappa shape index (κ1) is 11.8. The summed E-state index contributed by atoms with van der Waals surface area (Å²) in [6, 6.07) is 11.7. The molecule has 1 heterocycles. The van der Waals surface area contributed by atoms with Crippen molar-refractivity contribution in [2.75, 3.05) is 0 Å². The number of nitrogens with zero attached hydrogens (tertiary/aromatic N) is 1. The van der Waals surface area contributed by atoms with E-state index in [0.29, 0.717) is 6.42 Å². The van der Waals surface area contributed by atoms with E-state index in [0.717, 1.165) is 11.3 Å². The Balaban J connectivity index is 2.20. The standard InChI is InChI=1S/C12H11NO3S/c14-17(15,16)12-6-4-10(5-7-12)9-11-3-1-2-8-13-11/h1-8H,9H2,(H,14,15,16). The normalized spacial score (nSPS) is 11.4. The van der Waals surface area contributed by atoms with Gasteiger partial charge in [0.25, 0.3) is 10.1 Å². The SMILES string of the molecule is O=S(=O)(O)c1ccc(Cc2ccccn2)cc1. The number of aromatic nitrogens is 1. The molecule has 1 aromatic heterocycles. The van der Waals surface area contributed by atoms with E-state index in [9.17, 15) is 8.42 Å². The average molecular weight is 249 g/mol. The molecule has 1 aromatic carbocycles. The van der Waals surface area contributed by atoms with E-state index < -0.39 is 10.1 Å². The van der Waals surface area contributed by atoms with E-state index in [2.05, 4.69) is 4.98 Å². The van der Waals surface area contributed by atoms with Crippen molar-refractivity contribution in [1.29, 1.82) is 0 Å². The van der Waals surface area contributed by atoms with Crippen molar-refractivity contribution in [1.82, 2.24) is 4.98 Å². The molecule has 0 aliphatic heterocycles. The first-order chi connectivity index (χ1) is 8.05. The molecule has 0 fully saturated rings. The van der Waals surface area contributed by atoms with Gasteiger partial charge >= 0.3 is 0 Å². The fourth-order valence-electron chi connectivity index (χ4n) is 1.49. The van der Waals surface area contributed by atoms with Crippen molar-refractivity contribution in [2.24, 2.45) is 0 Å². The molecule has 2 rings (SSSR count). The van der Waals surface area contributed by atoms with E-state index in [1.165, 1.54) is 12.1 Å². The maximum absolute atomic E-state index is 10.8. The van der Waals surface area contributed by atoms with Gasteiger partial charge in [-0.2, -0.15) is 8.42 Å². The molecular weight excluding hydrogens is 238 g/mol. The summed E-state index contributed by atoms with van der Waals surface area (Å²) < 4.78 is 30.5. The molecule has 0 saturated carbocycles. The summed E-state index contributed by atoms with van der Waals surface area (Å²) in [4.78, 5) is 4.08. The zero-order valence-corrected chi connectivity index (χ0v) is 9.76. The molecule has 2 aromatic rings. The molecule has 0 radical (unpaired) electrons. The highest BCUT2D eigenvalue weighted by Gasteiger charge is 2.08. The molecule has 0 spiro atoms. The molecule has 5 heteroatoms. The van der Waals surface area contributed by atoms with Crippen LogP contribution in [0, 0.1) is 0 Å². The summed E-state index contributed by atoms with van der Waals surface area (Å²) in [6.45, 7) is 0. The monoisotopic (exact) mass is 249 g/mol. The molecule has 0 atom stereocenters. The Morgan fingerprint density at radius 1 is 1.06 bits per heavy atom. The van der Waals surface area contributed by atoms with Crippen LogP contribution in [0.3, 0.4) is 0 Å². The molecule has 1 N–H and O–H groups in total. The Morgan fingerprint density at radius 3 is 2.29 bits per heavy atom. The van der Waals surface area contributed by atoms with Crippen molar-refractivity contribution in [3.63, 3.8) is 0 Å². The molecular formula is C12H11NO3S. The smallest absolute Gasteiger partial charge is 0.282 e. The molecule has 0 unspecified atom stereocenters. The van der Waals surface area contributed by atoms with E-state index >= 15 is 0 Å². The van der Waals surface area contributed by atoms with Gasteiger partial charge in [-0.25, -0.2) is 0 Å². The summed E-state index contributed by atoms with van der Waals surface area (Å²) >= 11 is 0. The van der Waals surface area contributed by atoms with Gasteiger partial charge in [0.05, 0.1) is 4.90 Å². The summed E-state index contributed by atoms with van der Waals surface area (Å²) in [5.41, 5.74) is 1.85. The number of benzene rings is 1. The van der Waals surface area contributed by atoms with Crippen molar-refractivity contribution in [3.05, 3.63) is 59.9 Å². The van der Waals surface area contributed by atoms with Gasteiger partial charge in [0, 0.05) is 18.3 Å². The molecule has 0 aliphatic rings. The highest BCUT2D eigenvalue weighted by molar-refractivity contribution is 7.85. The first-order valence-electron chi connectivity index (χ1n) is 5.02. The summed E-state index contributed by atoms with van der Waals surface area (Å²) in [7, 11) is -4.11. The fraction of sp³-hybridized carbons (Fsp3) is 0.0833. The van der Waals surface area contributed by atoms with Crippen LogP contribution in [0.2, 0.25) is 0 Å². The Kier molecular flexibility index (Phi) is 3.21. The largest absolute Gasteiger partial charge is 0.294 e. The maximum atomic E-state index is 10.8. The lowest BCUT2D eigenvalue weighted by Gasteiger charge is -2.02. The Labute approximate surface area is 99.7 Å². The highest BCUT2D eigenvalue weighted by Crippen LogP contribution is 2.12. The zero-order chi connectivity index (χ0) is 12.3. The van der Waals surface area contributed by atoms with Crippen molar-refractivity contribution >= 4 is 10.1 Å². The van der Waals surface area contributed by atoms with E-state index in [1.54, 1.807) is 18.3 Å². The second-order valence-corrected chi connectivity index (χ2v) is 5.04. The summed E-state index contributed by atoms with van der Waals surface area (Å²) in [6.07, 6.45) is 2.34. The van der Waals surface area contributed by atoms with E-state index in [4.69, 9.17) is 4.55 Å². The van der Waals surface area contributed by atoms with Gasteiger partial charge in [0.1, 0.15) is 0 Å². The lowest BCUT2D eigenvalue weighted by molar-refractivity contribution is 0.483. The summed E-state index contributed by atoms with van der Waals surface area (Å²) in [5, 5.41) is 0. The van der Waals surface area contributed by atoms with Crippen LogP contribution in [-0.4, -0.2) is 18.0 Å². The van der Waals surface area contributed by atoms with E-state index in [1.807, 2.05) is 18.2 Å². The van der Waals surface area contributed by atoms with E-state index in [-0.39, 0.29) is 4.90 Å². The molecule has 88 valence electrons. The minimum absolute atomic E-state index is 0.0951. The minimum Gasteiger partial charge on any atom is -0.282 e. The van der Waals surface area contributed by atoms with Crippen LogP contribution >= 0.6 is 0 Å². The van der Waals surface area contributed by atoms with Crippen LogP contribution in [0.25, 0.3) is 0 Å². The van der Waals surface area contributed by atoms with Crippen molar-refractivity contribution < 1.29 is 13.0 Å². The van der Waals surface area contributed by atoms with Gasteiger partial charge in [-0.05, 0) is 29.8 Å². The van der Waals surface area contributed by atoms with Gasteiger partial charge in [-0.1, -0.05) is 18.2 Å². The minimum atomic E-state index is -4.11. The fourth-order valence-corrected chi connectivity index (χ4v) is 1.97. The first-order valence-corrected chi connectivity index (χ1v) is 6.46. The lowest BCUT2D eigenvalue weighted by atomic mass is 10.1. The quantitative estimate of drug-likeness (QED) is 0.844. The topological polar surface area (TPSA) is 67.3 Å². The molecule has 0 saturated heterocycles. The van der Waals surface area contributed by atoms with Crippen LogP contribution in [0.1, 0.15) is 11.3 Å². The lowest BCUT2D eigenvalue weighted by Crippen LogP contribution is -1.98. The Bertz CT molecular complexity index is 591. The Morgan fingerprint density at radius 2 is 1.76 bits per heavy atom. The number of rotatable bonds is 3. The van der Waals surface area contributed by atoms with Crippen molar-refractivity contribution in [2.45, 2.75) is 11.3 Å². The van der Waals surface area contributed by atoms with Gasteiger partial charge in [-0.3, -0.25) is 9.54 Å². The van der Waals surface area contributed by atoms with Crippen LogP contribution in [-0.2, 0) is 16.5 Å². The maximum Gasteiger partial charge on any atom is 0.294 e. The van der Waals surface area contributed by atoms with Crippen LogP contribution in [0.4, 0.5) is 0 Å². The average Bonchev–Trinajstić information content (AvgIpc) is 2.30. The van der Waals surface area contributed by atoms with Gasteiger partial charge in [-0.15, -0.1) is 0 Å². The molecule has 4 nitrogen and oxygen atoms in total. The Hall–Kier alpha value is -1.72. The third-order valence-electron chi connectivity index (χ3n) is 2.33. The van der Waals surface area contributed by atoms with Gasteiger partial charge in [0.2, 0.25) is 0 Å². The zero-order valence-electron chi connectivity index (χ0n) is 8.95. The number of hydrogen-bond donors (Lipinski definition) is 1. The third kappa shape index (κ3) is 3.12. The van der Waals surface area contributed by atoms with Crippen LogP contribution in [0.5, 0.6) is 0 Å². The predicted molar refractivity (Wildman–Crippen MR) is 63.3 cm³/mol. The second kappa shape index (κ2) is 4.65. The van der Waals surface area contributed by atoms with Crippen molar-refractivity contribution in [3.8, 4) is 0 Å². The third-order valence-corrected chi connectivity index (χ3v) is 3.20.